The van der Waals surface area contributed by atoms with E-state index in [-0.39, 0.29) is 36.6 Å². The molecule has 1 heterocycles. The number of hydrogen-bond donors (Lipinski definition) is 2. The third kappa shape index (κ3) is 6.97. The van der Waals surface area contributed by atoms with E-state index in [0.717, 1.165) is 5.56 Å². The number of nitrogens with one attached hydrogen (secondary N) is 1. The number of carbonyl (C=O) groups is 3. The van der Waals surface area contributed by atoms with Crippen molar-refractivity contribution in [3.05, 3.63) is 40.3 Å². The fourth-order valence-corrected chi connectivity index (χ4v) is 4.00. The zero-order chi connectivity index (χ0) is 21.6. The Morgan fingerprint density at radius 3 is 2.45 bits per heavy atom. The van der Waals surface area contributed by atoms with Crippen LogP contribution in [-0.2, 0) is 19.8 Å². The van der Waals surface area contributed by atoms with Gasteiger partial charge in [-0.15, -0.1) is 0 Å². The summed E-state index contributed by atoms with van der Waals surface area (Å²) in [7, 11) is 0. The second-order valence-electron chi connectivity index (χ2n) is 7.80. The van der Waals surface area contributed by atoms with Crippen LogP contribution in [0.4, 0.5) is 0 Å². The molecule has 29 heavy (non-hydrogen) atoms. The highest BCUT2D eigenvalue weighted by Crippen LogP contribution is 2.33. The molecule has 1 aromatic rings. The molecule has 0 aromatic heterocycles. The standard InChI is InChI=1S/C21H26N2O4S2/c1-21(2,3)15-8-6-14(7-9-15)13-16-19(27)23(20(28)29-16)12-10-17(24)22-11-4-5-18(25)26/h6-9,13H,4-5,10-12H2,1-3H3,(H,22,24)(H,25,26)/b16-13-. The van der Waals surface area contributed by atoms with Gasteiger partial charge in [0.05, 0.1) is 4.91 Å². The molecule has 1 aromatic carbocycles. The lowest BCUT2D eigenvalue weighted by atomic mass is 9.87. The Balaban J connectivity index is 1.91. The van der Waals surface area contributed by atoms with E-state index in [1.807, 2.05) is 18.2 Å². The van der Waals surface area contributed by atoms with E-state index in [0.29, 0.717) is 22.2 Å². The Hall–Kier alpha value is -2.19. The van der Waals surface area contributed by atoms with Gasteiger partial charge < -0.3 is 10.4 Å². The molecule has 1 fully saturated rings. The Morgan fingerprint density at radius 2 is 1.86 bits per heavy atom. The van der Waals surface area contributed by atoms with Gasteiger partial charge in [0.25, 0.3) is 5.91 Å². The van der Waals surface area contributed by atoms with Crippen LogP contribution in [0.15, 0.2) is 29.2 Å². The first-order valence-electron chi connectivity index (χ1n) is 9.42. The summed E-state index contributed by atoms with van der Waals surface area (Å²) >= 11 is 6.53. The van der Waals surface area contributed by atoms with Crippen LogP contribution in [0.2, 0.25) is 0 Å². The van der Waals surface area contributed by atoms with Crippen molar-refractivity contribution in [3.63, 3.8) is 0 Å². The smallest absolute Gasteiger partial charge is 0.303 e. The molecule has 8 heteroatoms. The summed E-state index contributed by atoms with van der Waals surface area (Å²) in [5.74, 6) is -1.32. The summed E-state index contributed by atoms with van der Waals surface area (Å²) in [6.07, 6.45) is 2.32. The number of hydrogen-bond acceptors (Lipinski definition) is 5. The number of thioether (sulfide) groups is 1. The van der Waals surface area contributed by atoms with E-state index in [1.165, 1.54) is 22.2 Å². The molecule has 1 aliphatic rings. The first kappa shape index (κ1) is 23.1. The number of carboxylic acids is 1. The van der Waals surface area contributed by atoms with Gasteiger partial charge in [0.15, 0.2) is 0 Å². The second kappa shape index (κ2) is 10.0. The lowest BCUT2D eigenvalue weighted by Gasteiger charge is -2.18. The number of nitrogens with zero attached hydrogens (tertiary/aromatic N) is 1. The maximum absolute atomic E-state index is 12.6. The maximum atomic E-state index is 12.6. The number of aliphatic carboxylic acids is 1. The fraction of sp³-hybridized carbons (Fsp3) is 0.429. The molecule has 1 saturated heterocycles. The highest BCUT2D eigenvalue weighted by atomic mass is 32.2. The molecular weight excluding hydrogens is 408 g/mol. The zero-order valence-electron chi connectivity index (χ0n) is 16.9. The second-order valence-corrected chi connectivity index (χ2v) is 9.48. The molecule has 2 amide bonds. The molecule has 1 aliphatic heterocycles. The highest BCUT2D eigenvalue weighted by Gasteiger charge is 2.32. The normalized spacial score (nSPS) is 15.8. The first-order valence-corrected chi connectivity index (χ1v) is 10.6. The Morgan fingerprint density at radius 1 is 1.21 bits per heavy atom. The van der Waals surface area contributed by atoms with Gasteiger partial charge in [0.2, 0.25) is 5.91 Å². The molecule has 0 spiro atoms. The quantitative estimate of drug-likeness (QED) is 0.370. The van der Waals surface area contributed by atoms with Gasteiger partial charge in [-0.05, 0) is 29.0 Å². The van der Waals surface area contributed by atoms with Crippen molar-refractivity contribution in [2.24, 2.45) is 0 Å². The van der Waals surface area contributed by atoms with Gasteiger partial charge >= 0.3 is 5.97 Å². The van der Waals surface area contributed by atoms with Crippen molar-refractivity contribution in [3.8, 4) is 0 Å². The zero-order valence-corrected chi connectivity index (χ0v) is 18.5. The Labute approximate surface area is 180 Å². The molecule has 0 radical (unpaired) electrons. The number of carbonyl (C=O) groups excluding carboxylic acids is 2. The minimum absolute atomic E-state index is 0.0104. The molecule has 6 nitrogen and oxygen atoms in total. The van der Waals surface area contributed by atoms with Gasteiger partial charge in [-0.2, -0.15) is 0 Å². The molecule has 0 saturated carbocycles. The molecule has 2 N–H and O–H groups in total. The van der Waals surface area contributed by atoms with Gasteiger partial charge in [-0.1, -0.05) is 69.0 Å². The van der Waals surface area contributed by atoms with Crippen LogP contribution in [0.1, 0.15) is 51.2 Å². The van der Waals surface area contributed by atoms with E-state index in [1.54, 1.807) is 0 Å². The maximum Gasteiger partial charge on any atom is 0.303 e. The summed E-state index contributed by atoms with van der Waals surface area (Å²) < 4.78 is 0.436. The van der Waals surface area contributed by atoms with Gasteiger partial charge in [-0.3, -0.25) is 19.3 Å². The SMILES string of the molecule is CC(C)(C)c1ccc(/C=C2\SC(=S)N(CCC(=O)NCCCC(=O)O)C2=O)cc1. The van der Waals surface area contributed by atoms with Crippen LogP contribution in [0.3, 0.4) is 0 Å². The largest absolute Gasteiger partial charge is 0.481 e. The fourth-order valence-electron chi connectivity index (χ4n) is 2.69. The van der Waals surface area contributed by atoms with Crippen molar-refractivity contribution in [2.45, 2.75) is 45.4 Å². The minimum Gasteiger partial charge on any atom is -0.481 e. The van der Waals surface area contributed by atoms with Crippen molar-refractivity contribution in [1.29, 1.82) is 0 Å². The lowest BCUT2D eigenvalue weighted by Crippen LogP contribution is -2.33. The Bertz CT molecular complexity index is 826. The van der Waals surface area contributed by atoms with Crippen LogP contribution in [0.25, 0.3) is 6.08 Å². The average Bonchev–Trinajstić information content (AvgIpc) is 2.90. The van der Waals surface area contributed by atoms with E-state index in [9.17, 15) is 14.4 Å². The van der Waals surface area contributed by atoms with Gasteiger partial charge in [0, 0.05) is 25.9 Å². The van der Waals surface area contributed by atoms with E-state index in [4.69, 9.17) is 17.3 Å². The van der Waals surface area contributed by atoms with Crippen LogP contribution >= 0.6 is 24.0 Å². The minimum atomic E-state index is -0.892. The van der Waals surface area contributed by atoms with E-state index in [2.05, 4.69) is 38.2 Å². The van der Waals surface area contributed by atoms with Crippen molar-refractivity contribution in [1.82, 2.24) is 10.2 Å². The summed E-state index contributed by atoms with van der Waals surface area (Å²) in [6.45, 7) is 6.95. The van der Waals surface area contributed by atoms with Crippen LogP contribution in [0.5, 0.6) is 0 Å². The molecule has 0 unspecified atom stereocenters. The summed E-state index contributed by atoms with van der Waals surface area (Å²) in [4.78, 5) is 37.0. The number of carboxylic acid groups (broad SMARTS) is 1. The van der Waals surface area contributed by atoms with Gasteiger partial charge in [-0.25, -0.2) is 0 Å². The summed E-state index contributed by atoms with van der Waals surface area (Å²) in [5, 5.41) is 11.2. The number of benzene rings is 1. The van der Waals surface area contributed by atoms with Crippen molar-refractivity contribution in [2.75, 3.05) is 13.1 Å². The third-order valence-electron chi connectivity index (χ3n) is 4.40. The van der Waals surface area contributed by atoms with E-state index < -0.39 is 5.97 Å². The third-order valence-corrected chi connectivity index (χ3v) is 5.78. The average molecular weight is 435 g/mol. The van der Waals surface area contributed by atoms with Crippen LogP contribution in [-0.4, -0.2) is 45.2 Å². The van der Waals surface area contributed by atoms with Crippen molar-refractivity contribution < 1.29 is 19.5 Å². The van der Waals surface area contributed by atoms with Crippen molar-refractivity contribution >= 4 is 52.2 Å². The number of thiocarbonyl (C=S) groups is 1. The van der Waals surface area contributed by atoms with E-state index >= 15 is 0 Å². The predicted molar refractivity (Wildman–Crippen MR) is 120 cm³/mol. The topological polar surface area (TPSA) is 86.7 Å². The number of amides is 2. The van der Waals surface area contributed by atoms with Crippen LogP contribution < -0.4 is 5.32 Å². The molecule has 156 valence electrons. The molecular formula is C21H26N2O4S2. The highest BCUT2D eigenvalue weighted by molar-refractivity contribution is 8.26. The summed E-state index contributed by atoms with van der Waals surface area (Å²) in [5.41, 5.74) is 2.21. The molecule has 2 rings (SSSR count). The first-order chi connectivity index (χ1) is 13.6. The predicted octanol–water partition coefficient (Wildman–Crippen LogP) is 3.56. The van der Waals surface area contributed by atoms with Gasteiger partial charge in [0.1, 0.15) is 4.32 Å². The number of rotatable bonds is 8. The summed E-state index contributed by atoms with van der Waals surface area (Å²) in [6, 6.07) is 8.08. The molecule has 0 aliphatic carbocycles. The van der Waals surface area contributed by atoms with Crippen LogP contribution in [0, 0.1) is 0 Å². The monoisotopic (exact) mass is 434 g/mol. The molecule has 0 bridgehead atoms. The molecule has 0 atom stereocenters. The lowest BCUT2D eigenvalue weighted by molar-refractivity contribution is -0.137. The Kier molecular flexibility index (Phi) is 7.98.